The van der Waals surface area contributed by atoms with E-state index >= 15 is 0 Å². The number of alkyl halides is 2. The maximum atomic E-state index is 13.0. The topological polar surface area (TPSA) is 63.1 Å². The minimum absolute atomic E-state index is 0.0619. The van der Waals surface area contributed by atoms with Crippen molar-refractivity contribution < 1.29 is 13.6 Å². The number of fused-ring (bicyclic) bond motifs is 1. The van der Waals surface area contributed by atoms with Gasteiger partial charge in [0.05, 0.1) is 6.54 Å². The molecule has 2 aliphatic heterocycles. The van der Waals surface area contributed by atoms with Crippen LogP contribution in [0.15, 0.2) is 0 Å². The number of aryl methyl sites for hydroxylation is 2. The van der Waals surface area contributed by atoms with Crippen molar-refractivity contribution in [2.45, 2.75) is 38.2 Å². The molecule has 2 aliphatic rings. The Balaban J connectivity index is 1.65. The molecule has 0 unspecified atom stereocenters. The van der Waals surface area contributed by atoms with E-state index in [4.69, 9.17) is 0 Å². The van der Waals surface area contributed by atoms with Gasteiger partial charge in [0.25, 0.3) is 5.92 Å². The van der Waals surface area contributed by atoms with E-state index in [0.29, 0.717) is 0 Å². The SMILES string of the molecule is O=C(Nc1nc2n(n1)CCCC2)N1CCC(F)(F)C1. The molecule has 0 saturated carbocycles. The van der Waals surface area contributed by atoms with E-state index in [1.54, 1.807) is 4.68 Å². The van der Waals surface area contributed by atoms with Crippen LogP contribution in [0, 0.1) is 0 Å². The summed E-state index contributed by atoms with van der Waals surface area (Å²) in [7, 11) is 0. The third-order valence-electron chi connectivity index (χ3n) is 3.44. The molecule has 0 aromatic carbocycles. The molecule has 19 heavy (non-hydrogen) atoms. The zero-order chi connectivity index (χ0) is 13.5. The van der Waals surface area contributed by atoms with E-state index in [1.165, 1.54) is 0 Å². The Morgan fingerprint density at radius 2 is 2.16 bits per heavy atom. The summed E-state index contributed by atoms with van der Waals surface area (Å²) in [5, 5.41) is 6.65. The molecule has 104 valence electrons. The first-order chi connectivity index (χ1) is 9.03. The molecule has 0 bridgehead atoms. The second-order valence-electron chi connectivity index (χ2n) is 4.99. The highest BCUT2D eigenvalue weighted by Crippen LogP contribution is 2.27. The number of nitrogens with zero attached hydrogens (tertiary/aromatic N) is 4. The largest absolute Gasteiger partial charge is 0.324 e. The van der Waals surface area contributed by atoms with Crippen molar-refractivity contribution >= 4 is 12.0 Å². The summed E-state index contributed by atoms with van der Waals surface area (Å²) in [5.41, 5.74) is 0. The van der Waals surface area contributed by atoms with Gasteiger partial charge in [-0.15, -0.1) is 5.10 Å². The quantitative estimate of drug-likeness (QED) is 0.841. The molecule has 0 spiro atoms. The number of hydrogen-bond acceptors (Lipinski definition) is 3. The van der Waals surface area contributed by atoms with Gasteiger partial charge in [-0.25, -0.2) is 18.3 Å². The minimum Gasteiger partial charge on any atom is -0.318 e. The number of anilines is 1. The average Bonchev–Trinajstić information content (AvgIpc) is 2.91. The van der Waals surface area contributed by atoms with E-state index in [0.717, 1.165) is 36.5 Å². The monoisotopic (exact) mass is 271 g/mol. The number of likely N-dealkylation sites (tertiary alicyclic amines) is 1. The van der Waals surface area contributed by atoms with E-state index in [1.807, 2.05) is 0 Å². The molecule has 6 nitrogen and oxygen atoms in total. The lowest BCUT2D eigenvalue weighted by Crippen LogP contribution is -2.35. The van der Waals surface area contributed by atoms with E-state index < -0.39 is 18.5 Å². The van der Waals surface area contributed by atoms with Gasteiger partial charge >= 0.3 is 6.03 Å². The smallest absolute Gasteiger partial charge is 0.318 e. The molecule has 1 aromatic rings. The Morgan fingerprint density at radius 3 is 2.84 bits per heavy atom. The van der Waals surface area contributed by atoms with Gasteiger partial charge < -0.3 is 4.90 Å². The number of urea groups is 1. The second-order valence-corrected chi connectivity index (χ2v) is 4.99. The number of carbonyl (C=O) groups excluding carboxylic acids is 1. The Kier molecular flexibility index (Phi) is 2.87. The number of aromatic nitrogens is 3. The molecule has 0 aliphatic carbocycles. The van der Waals surface area contributed by atoms with Crippen LogP contribution in [0.4, 0.5) is 19.5 Å². The first kappa shape index (κ1) is 12.3. The van der Waals surface area contributed by atoms with Gasteiger partial charge in [0.15, 0.2) is 0 Å². The summed E-state index contributed by atoms with van der Waals surface area (Å²) in [4.78, 5) is 17.1. The van der Waals surface area contributed by atoms with Crippen LogP contribution in [-0.2, 0) is 13.0 Å². The number of amides is 2. The second kappa shape index (κ2) is 4.43. The number of rotatable bonds is 1. The molecule has 8 heteroatoms. The van der Waals surface area contributed by atoms with Gasteiger partial charge in [-0.05, 0) is 12.8 Å². The van der Waals surface area contributed by atoms with Gasteiger partial charge in [0.2, 0.25) is 5.95 Å². The van der Waals surface area contributed by atoms with Crippen molar-refractivity contribution in [2.24, 2.45) is 0 Å². The lowest BCUT2D eigenvalue weighted by molar-refractivity contribution is 0.0159. The van der Waals surface area contributed by atoms with Gasteiger partial charge in [-0.2, -0.15) is 4.98 Å². The summed E-state index contributed by atoms with van der Waals surface area (Å²) in [6.07, 6.45) is 2.66. The Bertz CT molecular complexity index is 478. The normalized spacial score (nSPS) is 21.3. The zero-order valence-electron chi connectivity index (χ0n) is 10.4. The highest BCUT2D eigenvalue weighted by Gasteiger charge is 2.40. The van der Waals surface area contributed by atoms with Crippen molar-refractivity contribution in [3.8, 4) is 0 Å². The summed E-state index contributed by atoms with van der Waals surface area (Å²) >= 11 is 0. The third-order valence-corrected chi connectivity index (χ3v) is 3.44. The van der Waals surface area contributed by atoms with Gasteiger partial charge in [0, 0.05) is 25.9 Å². The molecule has 1 saturated heterocycles. The molecule has 1 aromatic heterocycles. The highest BCUT2D eigenvalue weighted by atomic mass is 19.3. The van der Waals surface area contributed by atoms with Crippen LogP contribution in [0.25, 0.3) is 0 Å². The lowest BCUT2D eigenvalue weighted by atomic mass is 10.2. The van der Waals surface area contributed by atoms with Crippen LogP contribution in [0.1, 0.15) is 25.1 Å². The Hall–Kier alpha value is -1.73. The first-order valence-corrected chi connectivity index (χ1v) is 6.41. The summed E-state index contributed by atoms with van der Waals surface area (Å²) < 4.78 is 27.8. The molecule has 2 amide bonds. The lowest BCUT2D eigenvalue weighted by Gasteiger charge is -2.15. The van der Waals surface area contributed by atoms with Crippen molar-refractivity contribution in [1.29, 1.82) is 0 Å². The van der Waals surface area contributed by atoms with Gasteiger partial charge in [-0.1, -0.05) is 0 Å². The fourth-order valence-electron chi connectivity index (χ4n) is 2.42. The number of halogens is 2. The molecule has 3 heterocycles. The minimum atomic E-state index is -2.78. The van der Waals surface area contributed by atoms with Crippen LogP contribution >= 0.6 is 0 Å². The third kappa shape index (κ3) is 2.52. The zero-order valence-corrected chi connectivity index (χ0v) is 10.4. The number of hydrogen-bond donors (Lipinski definition) is 1. The highest BCUT2D eigenvalue weighted by molar-refractivity contribution is 5.87. The van der Waals surface area contributed by atoms with Crippen LogP contribution in [0.2, 0.25) is 0 Å². The van der Waals surface area contributed by atoms with Crippen LogP contribution in [0.3, 0.4) is 0 Å². The Morgan fingerprint density at radius 1 is 1.32 bits per heavy atom. The van der Waals surface area contributed by atoms with Crippen LogP contribution in [-0.4, -0.2) is 44.7 Å². The van der Waals surface area contributed by atoms with Crippen LogP contribution in [0.5, 0.6) is 0 Å². The number of carbonyl (C=O) groups is 1. The van der Waals surface area contributed by atoms with E-state index in [9.17, 15) is 13.6 Å². The summed E-state index contributed by atoms with van der Waals surface area (Å²) in [5.74, 6) is -1.73. The molecule has 1 fully saturated rings. The van der Waals surface area contributed by atoms with Crippen molar-refractivity contribution in [3.63, 3.8) is 0 Å². The van der Waals surface area contributed by atoms with Crippen molar-refractivity contribution in [1.82, 2.24) is 19.7 Å². The molecule has 1 N–H and O–H groups in total. The maximum Gasteiger partial charge on any atom is 0.324 e. The average molecular weight is 271 g/mol. The molecular formula is C11H15F2N5O. The van der Waals surface area contributed by atoms with Crippen molar-refractivity contribution in [2.75, 3.05) is 18.4 Å². The predicted molar refractivity (Wildman–Crippen MR) is 63.1 cm³/mol. The summed E-state index contributed by atoms with van der Waals surface area (Å²) in [6, 6.07) is -0.555. The Labute approximate surface area is 108 Å². The fraction of sp³-hybridized carbons (Fsp3) is 0.727. The fourth-order valence-corrected chi connectivity index (χ4v) is 2.42. The molecule has 3 rings (SSSR count). The van der Waals surface area contributed by atoms with Gasteiger partial charge in [-0.3, -0.25) is 5.32 Å². The van der Waals surface area contributed by atoms with Crippen molar-refractivity contribution in [3.05, 3.63) is 5.82 Å². The number of nitrogens with one attached hydrogen (secondary N) is 1. The predicted octanol–water partition coefficient (Wildman–Crippen LogP) is 1.49. The van der Waals surface area contributed by atoms with Gasteiger partial charge in [0.1, 0.15) is 5.82 Å². The molecule has 0 atom stereocenters. The maximum absolute atomic E-state index is 13.0. The van der Waals surface area contributed by atoms with Crippen LogP contribution < -0.4 is 5.32 Å². The standard InChI is InChI=1S/C11H15F2N5O/c12-11(13)4-6-17(7-11)10(19)15-9-14-8-3-1-2-5-18(8)16-9/h1-7H2,(H,15,16,19). The van der Waals surface area contributed by atoms with E-state index in [2.05, 4.69) is 15.4 Å². The first-order valence-electron chi connectivity index (χ1n) is 6.41. The van der Waals surface area contributed by atoms with E-state index in [-0.39, 0.29) is 18.9 Å². The molecular weight excluding hydrogens is 256 g/mol. The molecule has 0 radical (unpaired) electrons. The summed E-state index contributed by atoms with van der Waals surface area (Å²) in [6.45, 7) is 0.318.